The number of halogens is 1. The van der Waals surface area contributed by atoms with E-state index in [0.29, 0.717) is 0 Å². The Morgan fingerprint density at radius 1 is 1.08 bits per heavy atom. The highest BCUT2D eigenvalue weighted by Gasteiger charge is 2.12. The van der Waals surface area contributed by atoms with Gasteiger partial charge in [0.2, 0.25) is 5.91 Å². The van der Waals surface area contributed by atoms with E-state index in [2.05, 4.69) is 40.3 Å². The minimum atomic E-state index is -0.216. The van der Waals surface area contributed by atoms with Crippen LogP contribution in [0.5, 0.6) is 0 Å². The summed E-state index contributed by atoms with van der Waals surface area (Å²) in [7, 11) is 0. The van der Waals surface area contributed by atoms with Crippen molar-refractivity contribution in [1.29, 1.82) is 0 Å². The summed E-state index contributed by atoms with van der Waals surface area (Å²) in [5.41, 5.74) is 3.96. The van der Waals surface area contributed by atoms with Crippen molar-refractivity contribution in [1.82, 2.24) is 4.98 Å². The number of benzene rings is 2. The number of alkyl halides is 1. The van der Waals surface area contributed by atoms with Crippen LogP contribution in [0.3, 0.4) is 0 Å². The number of aryl methyl sites for hydroxylation is 1. The Labute approximate surface area is 153 Å². The van der Waals surface area contributed by atoms with Gasteiger partial charge in [-0.3, -0.25) is 4.79 Å². The van der Waals surface area contributed by atoms with E-state index in [1.54, 1.807) is 18.3 Å². The Hall–Kier alpha value is -1.98. The average Bonchev–Trinajstić information content (AvgIpc) is 2.98. The predicted molar refractivity (Wildman–Crippen MR) is 105 cm³/mol. The van der Waals surface area contributed by atoms with Crippen molar-refractivity contribution in [2.75, 3.05) is 5.32 Å². The number of anilines is 1. The van der Waals surface area contributed by atoms with Crippen LogP contribution in [0.25, 0.3) is 21.8 Å². The van der Waals surface area contributed by atoms with Crippen LogP contribution in [0.1, 0.15) is 11.8 Å². The number of carbonyl (C=O) groups excluding carboxylic acids is 1. The molecule has 1 amide bonds. The van der Waals surface area contributed by atoms with Crippen molar-refractivity contribution in [3.8, 4) is 21.8 Å². The Morgan fingerprint density at radius 2 is 1.75 bits per heavy atom. The van der Waals surface area contributed by atoms with Crippen molar-refractivity contribution >= 4 is 38.9 Å². The first-order valence-electron chi connectivity index (χ1n) is 7.63. The zero-order valence-electron chi connectivity index (χ0n) is 13.4. The van der Waals surface area contributed by atoms with Crippen molar-refractivity contribution < 1.29 is 4.79 Å². The number of nitrogens with zero attached hydrogens (tertiary/aromatic N) is 1. The highest BCUT2D eigenvalue weighted by molar-refractivity contribution is 9.10. The van der Waals surface area contributed by atoms with Gasteiger partial charge in [-0.05, 0) is 26.0 Å². The summed E-state index contributed by atoms with van der Waals surface area (Å²) < 4.78 is 0. The normalized spacial score (nSPS) is 12.0. The van der Waals surface area contributed by atoms with E-state index in [1.807, 2.05) is 42.5 Å². The predicted octanol–water partition coefficient (Wildman–Crippen LogP) is 5.51. The Balaban J connectivity index is 1.85. The molecule has 0 saturated carbocycles. The van der Waals surface area contributed by atoms with Crippen LogP contribution in [-0.2, 0) is 4.79 Å². The molecule has 0 spiro atoms. The van der Waals surface area contributed by atoms with Gasteiger partial charge in [-0.2, -0.15) is 0 Å². The number of rotatable bonds is 4. The number of nitrogens with one attached hydrogen (secondary N) is 1. The second-order valence-corrected chi connectivity index (χ2v) is 8.05. The van der Waals surface area contributed by atoms with E-state index in [4.69, 9.17) is 4.98 Å². The van der Waals surface area contributed by atoms with Crippen LogP contribution >= 0.6 is 27.3 Å². The Kier molecular flexibility index (Phi) is 5.11. The molecule has 3 aromatic rings. The smallest absolute Gasteiger partial charge is 0.237 e. The van der Waals surface area contributed by atoms with Gasteiger partial charge in [-0.15, -0.1) is 11.3 Å². The van der Waals surface area contributed by atoms with Crippen LogP contribution in [-0.4, -0.2) is 15.7 Å². The largest absolute Gasteiger partial charge is 0.325 e. The average molecular weight is 401 g/mol. The molecule has 0 aliphatic rings. The van der Waals surface area contributed by atoms with Gasteiger partial charge in [0, 0.05) is 21.7 Å². The summed E-state index contributed by atoms with van der Waals surface area (Å²) in [6.07, 6.45) is 0. The second-order valence-electron chi connectivity index (χ2n) is 5.47. The number of amides is 1. The molecule has 0 aliphatic carbocycles. The lowest BCUT2D eigenvalue weighted by Crippen LogP contribution is -2.19. The molecule has 0 bridgehead atoms. The fraction of sp³-hybridized carbons (Fsp3) is 0.158. The highest BCUT2D eigenvalue weighted by Crippen LogP contribution is 2.33. The molecule has 5 heteroatoms. The molecule has 0 aliphatic heterocycles. The number of aromatic nitrogens is 1. The SMILES string of the molecule is Cc1sc(-c2ccccc2)nc1-c1ccc(NC(=O)C(C)Br)cc1. The number of hydrogen-bond donors (Lipinski definition) is 1. The third-order valence-electron chi connectivity index (χ3n) is 3.60. The van der Waals surface area contributed by atoms with E-state index in [0.717, 1.165) is 27.5 Å². The van der Waals surface area contributed by atoms with E-state index < -0.39 is 0 Å². The fourth-order valence-corrected chi connectivity index (χ4v) is 3.38. The van der Waals surface area contributed by atoms with Gasteiger partial charge in [0.15, 0.2) is 0 Å². The quantitative estimate of drug-likeness (QED) is 0.586. The summed E-state index contributed by atoms with van der Waals surface area (Å²) in [5, 5.41) is 3.88. The molecule has 0 fully saturated rings. The molecule has 1 aromatic heterocycles. The van der Waals surface area contributed by atoms with E-state index in [1.165, 1.54) is 4.88 Å². The standard InChI is InChI=1S/C19H17BrN2OS/c1-12(20)18(23)21-16-10-8-14(9-11-16)17-13(2)24-19(22-17)15-6-4-3-5-7-15/h3-12H,1-2H3,(H,21,23). The first-order chi connectivity index (χ1) is 11.5. The van der Waals surface area contributed by atoms with E-state index in [9.17, 15) is 4.79 Å². The van der Waals surface area contributed by atoms with Crippen LogP contribution in [0.15, 0.2) is 54.6 Å². The third-order valence-corrected chi connectivity index (χ3v) is 5.04. The van der Waals surface area contributed by atoms with Gasteiger partial charge in [-0.1, -0.05) is 58.4 Å². The molecule has 24 heavy (non-hydrogen) atoms. The minimum Gasteiger partial charge on any atom is -0.325 e. The maximum atomic E-state index is 11.7. The van der Waals surface area contributed by atoms with Gasteiger partial charge in [0.1, 0.15) is 5.01 Å². The maximum Gasteiger partial charge on any atom is 0.237 e. The Bertz CT molecular complexity index is 842. The molecule has 1 unspecified atom stereocenters. The summed E-state index contributed by atoms with van der Waals surface area (Å²) in [5.74, 6) is -0.0565. The van der Waals surface area contributed by atoms with Crippen LogP contribution in [0.4, 0.5) is 5.69 Å². The van der Waals surface area contributed by atoms with Gasteiger partial charge < -0.3 is 5.32 Å². The summed E-state index contributed by atoms with van der Waals surface area (Å²) in [6.45, 7) is 3.88. The van der Waals surface area contributed by atoms with Crippen LogP contribution < -0.4 is 5.32 Å². The molecule has 3 rings (SSSR count). The van der Waals surface area contributed by atoms with E-state index >= 15 is 0 Å². The monoisotopic (exact) mass is 400 g/mol. The number of carbonyl (C=O) groups is 1. The van der Waals surface area contributed by atoms with Gasteiger partial charge in [-0.25, -0.2) is 4.98 Å². The zero-order valence-corrected chi connectivity index (χ0v) is 15.8. The van der Waals surface area contributed by atoms with Gasteiger partial charge >= 0.3 is 0 Å². The van der Waals surface area contributed by atoms with Crippen molar-refractivity contribution in [3.63, 3.8) is 0 Å². The third kappa shape index (κ3) is 3.74. The zero-order chi connectivity index (χ0) is 17.1. The van der Waals surface area contributed by atoms with E-state index in [-0.39, 0.29) is 10.7 Å². The molecule has 1 N–H and O–H groups in total. The molecule has 2 aromatic carbocycles. The molecule has 122 valence electrons. The Morgan fingerprint density at radius 3 is 2.38 bits per heavy atom. The lowest BCUT2D eigenvalue weighted by molar-refractivity contribution is -0.115. The lowest BCUT2D eigenvalue weighted by Gasteiger charge is -2.07. The second kappa shape index (κ2) is 7.28. The number of thiazole rings is 1. The fourth-order valence-electron chi connectivity index (χ4n) is 2.32. The topological polar surface area (TPSA) is 42.0 Å². The maximum absolute atomic E-state index is 11.7. The minimum absolute atomic E-state index is 0.0565. The molecule has 0 radical (unpaired) electrons. The summed E-state index contributed by atoms with van der Waals surface area (Å²) in [6, 6.07) is 18.0. The molecular weight excluding hydrogens is 384 g/mol. The molecule has 1 heterocycles. The lowest BCUT2D eigenvalue weighted by atomic mass is 10.1. The van der Waals surface area contributed by atoms with Gasteiger partial charge in [0.05, 0.1) is 10.5 Å². The van der Waals surface area contributed by atoms with Crippen molar-refractivity contribution in [2.24, 2.45) is 0 Å². The molecular formula is C19H17BrN2OS. The van der Waals surface area contributed by atoms with Crippen molar-refractivity contribution in [3.05, 3.63) is 59.5 Å². The first-order valence-corrected chi connectivity index (χ1v) is 9.36. The molecule has 1 atom stereocenters. The van der Waals surface area contributed by atoms with Crippen LogP contribution in [0, 0.1) is 6.92 Å². The molecule has 0 saturated heterocycles. The summed E-state index contributed by atoms with van der Waals surface area (Å²) in [4.78, 5) is 17.5. The highest BCUT2D eigenvalue weighted by atomic mass is 79.9. The summed E-state index contributed by atoms with van der Waals surface area (Å²) >= 11 is 4.96. The molecule has 3 nitrogen and oxygen atoms in total. The van der Waals surface area contributed by atoms with Gasteiger partial charge in [0.25, 0.3) is 0 Å². The first kappa shape index (κ1) is 16.9. The van der Waals surface area contributed by atoms with Crippen LogP contribution in [0.2, 0.25) is 0 Å². The number of hydrogen-bond acceptors (Lipinski definition) is 3. The van der Waals surface area contributed by atoms with Crippen molar-refractivity contribution in [2.45, 2.75) is 18.7 Å².